The molecule has 166 valence electrons. The van der Waals surface area contributed by atoms with E-state index in [1.807, 2.05) is 23.1 Å². The largest absolute Gasteiger partial charge is 0.452 e. The van der Waals surface area contributed by atoms with E-state index in [1.165, 1.54) is 11.0 Å². The molecule has 2 heterocycles. The normalized spacial score (nSPS) is 16.0. The first kappa shape index (κ1) is 22.6. The molecule has 0 saturated carbocycles. The first-order valence-electron chi connectivity index (χ1n) is 9.98. The Morgan fingerprint density at radius 1 is 1.13 bits per heavy atom. The number of rotatable bonds is 5. The maximum atomic E-state index is 12.7. The van der Waals surface area contributed by atoms with Gasteiger partial charge in [-0.05, 0) is 44.0 Å². The number of hydrogen-bond donors (Lipinski definition) is 0. The van der Waals surface area contributed by atoms with Crippen LogP contribution in [-0.2, 0) is 20.5 Å². The summed E-state index contributed by atoms with van der Waals surface area (Å²) in [4.78, 5) is 32.2. The summed E-state index contributed by atoms with van der Waals surface area (Å²) >= 11 is 0. The van der Waals surface area contributed by atoms with Crippen molar-refractivity contribution >= 4 is 23.4 Å². The number of alkyl halides is 3. The number of anilines is 2. The Hall–Kier alpha value is -3.10. The van der Waals surface area contributed by atoms with E-state index in [2.05, 4.69) is 4.98 Å². The standard InChI is InChI=1S/C22H24F3N3O3/c1-15(20(29)27(2)18-6-4-3-5-7-18)31-21(30)16-10-12-28(13-11-16)19-9-8-17(14-26-19)22(23,24)25/h3-9,14-16H,10-13H2,1-2H3/t15-/m0/s1. The Balaban J connectivity index is 1.51. The second-order valence-electron chi connectivity index (χ2n) is 7.48. The molecule has 0 unspecified atom stereocenters. The number of aromatic nitrogens is 1. The van der Waals surface area contributed by atoms with Gasteiger partial charge >= 0.3 is 12.1 Å². The minimum absolute atomic E-state index is 0.328. The number of amides is 1. The van der Waals surface area contributed by atoms with Gasteiger partial charge in [-0.3, -0.25) is 9.59 Å². The summed E-state index contributed by atoms with van der Waals surface area (Å²) in [6, 6.07) is 11.4. The van der Waals surface area contributed by atoms with Crippen molar-refractivity contribution in [2.24, 2.45) is 5.92 Å². The smallest absolute Gasteiger partial charge is 0.417 e. The zero-order chi connectivity index (χ0) is 22.6. The van der Waals surface area contributed by atoms with Crippen molar-refractivity contribution in [1.82, 2.24) is 4.98 Å². The van der Waals surface area contributed by atoms with Gasteiger partial charge in [0.25, 0.3) is 5.91 Å². The zero-order valence-corrected chi connectivity index (χ0v) is 17.3. The van der Waals surface area contributed by atoms with E-state index in [9.17, 15) is 22.8 Å². The molecule has 31 heavy (non-hydrogen) atoms. The van der Waals surface area contributed by atoms with Crippen LogP contribution in [0.5, 0.6) is 0 Å². The average molecular weight is 435 g/mol. The molecule has 3 rings (SSSR count). The van der Waals surface area contributed by atoms with Gasteiger partial charge in [-0.1, -0.05) is 18.2 Å². The number of carbonyl (C=O) groups excluding carboxylic acids is 2. The van der Waals surface area contributed by atoms with Crippen LogP contribution in [-0.4, -0.2) is 43.1 Å². The molecule has 1 aromatic carbocycles. The first-order chi connectivity index (χ1) is 14.7. The highest BCUT2D eigenvalue weighted by Crippen LogP contribution is 2.30. The lowest BCUT2D eigenvalue weighted by Gasteiger charge is -2.32. The molecule has 1 aliphatic rings. The van der Waals surface area contributed by atoms with Gasteiger partial charge in [0.05, 0.1) is 11.5 Å². The van der Waals surface area contributed by atoms with Crippen molar-refractivity contribution < 1.29 is 27.5 Å². The van der Waals surface area contributed by atoms with Crippen LogP contribution in [0.2, 0.25) is 0 Å². The third kappa shape index (κ3) is 5.53. The van der Waals surface area contributed by atoms with Gasteiger partial charge in [-0.25, -0.2) is 4.98 Å². The molecule has 0 N–H and O–H groups in total. The van der Waals surface area contributed by atoms with Crippen LogP contribution in [0.15, 0.2) is 48.7 Å². The van der Waals surface area contributed by atoms with Crippen molar-refractivity contribution in [3.8, 4) is 0 Å². The Labute approximate surface area is 178 Å². The Kier molecular flexibility index (Phi) is 6.82. The number of carbonyl (C=O) groups is 2. The van der Waals surface area contributed by atoms with E-state index in [1.54, 1.807) is 26.1 Å². The number of likely N-dealkylation sites (N-methyl/N-ethyl adjacent to an activating group) is 1. The highest BCUT2D eigenvalue weighted by atomic mass is 19.4. The zero-order valence-electron chi connectivity index (χ0n) is 17.3. The lowest BCUT2D eigenvalue weighted by Crippen LogP contribution is -2.41. The van der Waals surface area contributed by atoms with E-state index in [-0.39, 0.29) is 11.8 Å². The number of halogens is 3. The monoisotopic (exact) mass is 435 g/mol. The molecule has 1 amide bonds. The van der Waals surface area contributed by atoms with Crippen molar-refractivity contribution in [1.29, 1.82) is 0 Å². The minimum Gasteiger partial charge on any atom is -0.452 e. The molecule has 6 nitrogen and oxygen atoms in total. The maximum absolute atomic E-state index is 12.7. The number of piperidine rings is 1. The third-order valence-corrected chi connectivity index (χ3v) is 5.34. The fraction of sp³-hybridized carbons (Fsp3) is 0.409. The van der Waals surface area contributed by atoms with Gasteiger partial charge in [0.2, 0.25) is 0 Å². The molecule has 1 fully saturated rings. The van der Waals surface area contributed by atoms with Crippen LogP contribution in [0, 0.1) is 5.92 Å². The summed E-state index contributed by atoms with van der Waals surface area (Å²) in [5.74, 6) is -0.705. The van der Waals surface area contributed by atoms with Gasteiger partial charge in [-0.15, -0.1) is 0 Å². The van der Waals surface area contributed by atoms with Crippen LogP contribution in [0.3, 0.4) is 0 Å². The highest BCUT2D eigenvalue weighted by Gasteiger charge is 2.32. The van der Waals surface area contributed by atoms with Crippen molar-refractivity contribution in [3.05, 3.63) is 54.2 Å². The molecule has 2 aromatic rings. The van der Waals surface area contributed by atoms with E-state index < -0.39 is 23.8 Å². The van der Waals surface area contributed by atoms with Crippen LogP contribution in [0.4, 0.5) is 24.7 Å². The van der Waals surface area contributed by atoms with Crippen LogP contribution in [0.1, 0.15) is 25.3 Å². The molecule has 1 saturated heterocycles. The van der Waals surface area contributed by atoms with Gasteiger partial charge in [0.15, 0.2) is 6.10 Å². The SMILES string of the molecule is C[C@H](OC(=O)C1CCN(c2ccc(C(F)(F)F)cn2)CC1)C(=O)N(C)c1ccccc1. The minimum atomic E-state index is -4.43. The van der Waals surface area contributed by atoms with E-state index in [0.29, 0.717) is 37.4 Å². The molecule has 1 aliphatic heterocycles. The van der Waals surface area contributed by atoms with Gasteiger partial charge in [0.1, 0.15) is 5.82 Å². The summed E-state index contributed by atoms with van der Waals surface area (Å²) in [6.07, 6.45) is -3.60. The lowest BCUT2D eigenvalue weighted by molar-refractivity contribution is -0.158. The number of para-hydroxylation sites is 1. The Morgan fingerprint density at radius 2 is 1.77 bits per heavy atom. The summed E-state index contributed by atoms with van der Waals surface area (Å²) in [7, 11) is 1.62. The van der Waals surface area contributed by atoms with Crippen LogP contribution in [0.25, 0.3) is 0 Å². The van der Waals surface area contributed by atoms with Crippen LogP contribution < -0.4 is 9.80 Å². The summed E-state index contributed by atoms with van der Waals surface area (Å²) < 4.78 is 43.4. The summed E-state index contributed by atoms with van der Waals surface area (Å²) in [5.41, 5.74) is -0.0958. The molecule has 1 aromatic heterocycles. The molecule has 0 aliphatic carbocycles. The van der Waals surface area contributed by atoms with Crippen molar-refractivity contribution in [2.45, 2.75) is 32.0 Å². The second kappa shape index (κ2) is 9.36. The Bertz CT molecular complexity index is 896. The quantitative estimate of drug-likeness (QED) is 0.667. The average Bonchev–Trinajstić information content (AvgIpc) is 2.78. The molecule has 0 bridgehead atoms. The van der Waals surface area contributed by atoms with Gasteiger partial charge in [-0.2, -0.15) is 13.2 Å². The maximum Gasteiger partial charge on any atom is 0.417 e. The predicted octanol–water partition coefficient (Wildman–Crippen LogP) is 3.91. The molecular formula is C22H24F3N3O3. The summed E-state index contributed by atoms with van der Waals surface area (Å²) in [6.45, 7) is 2.47. The predicted molar refractivity (Wildman–Crippen MR) is 110 cm³/mol. The third-order valence-electron chi connectivity index (χ3n) is 5.34. The number of nitrogens with zero attached hydrogens (tertiary/aromatic N) is 3. The molecule has 9 heteroatoms. The fourth-order valence-electron chi connectivity index (χ4n) is 3.46. The van der Waals surface area contributed by atoms with Gasteiger partial charge in [0, 0.05) is 32.0 Å². The molecule has 1 atom stereocenters. The first-order valence-corrected chi connectivity index (χ1v) is 9.98. The second-order valence-corrected chi connectivity index (χ2v) is 7.48. The molecule has 0 spiro atoms. The van der Waals surface area contributed by atoms with Gasteiger partial charge < -0.3 is 14.5 Å². The topological polar surface area (TPSA) is 62.7 Å². The Morgan fingerprint density at radius 3 is 2.32 bits per heavy atom. The number of ether oxygens (including phenoxy) is 1. The van der Waals surface area contributed by atoms with Crippen LogP contribution >= 0.6 is 0 Å². The number of esters is 1. The lowest BCUT2D eigenvalue weighted by atomic mass is 9.97. The number of pyridine rings is 1. The molecule has 0 radical (unpaired) electrons. The van der Waals surface area contributed by atoms with E-state index in [0.717, 1.165) is 12.3 Å². The van der Waals surface area contributed by atoms with Crippen molar-refractivity contribution in [2.75, 3.05) is 29.9 Å². The number of hydrogen-bond acceptors (Lipinski definition) is 5. The fourth-order valence-corrected chi connectivity index (χ4v) is 3.46. The van der Waals surface area contributed by atoms with E-state index >= 15 is 0 Å². The van der Waals surface area contributed by atoms with Crippen molar-refractivity contribution in [3.63, 3.8) is 0 Å². The highest BCUT2D eigenvalue weighted by molar-refractivity contribution is 5.96. The summed E-state index contributed by atoms with van der Waals surface area (Å²) in [5, 5.41) is 0. The number of benzene rings is 1. The molecular weight excluding hydrogens is 411 g/mol. The van der Waals surface area contributed by atoms with E-state index in [4.69, 9.17) is 4.74 Å².